The Morgan fingerprint density at radius 2 is 2.14 bits per heavy atom. The van der Waals surface area contributed by atoms with Crippen molar-refractivity contribution in [3.63, 3.8) is 0 Å². The number of carbonyl (C=O) groups is 1. The molecule has 3 aliphatic rings. The second-order valence-electron chi connectivity index (χ2n) is 10.9. The predicted molar refractivity (Wildman–Crippen MR) is 139 cm³/mol. The van der Waals surface area contributed by atoms with Crippen molar-refractivity contribution in [3.8, 4) is 5.75 Å². The van der Waals surface area contributed by atoms with E-state index in [1.807, 2.05) is 6.07 Å². The molecule has 2 N–H and O–H groups in total. The summed E-state index contributed by atoms with van der Waals surface area (Å²) in [7, 11) is 0. The van der Waals surface area contributed by atoms with Crippen molar-refractivity contribution in [2.45, 2.75) is 57.0 Å². The first-order chi connectivity index (χ1) is 16.8. The highest BCUT2D eigenvalue weighted by Crippen LogP contribution is 2.52. The van der Waals surface area contributed by atoms with E-state index in [-0.39, 0.29) is 16.4 Å². The van der Waals surface area contributed by atoms with Gasteiger partial charge in [-0.15, -0.1) is 6.58 Å². The molecule has 5 rings (SSSR count). The average Bonchev–Trinajstić information content (AvgIpc) is 2.98. The maximum atomic E-state index is 11.8. The lowest BCUT2D eigenvalue weighted by Crippen LogP contribution is -2.53. The zero-order valence-corrected chi connectivity index (χ0v) is 21.1. The van der Waals surface area contributed by atoms with Gasteiger partial charge >= 0.3 is 5.97 Å². The van der Waals surface area contributed by atoms with Gasteiger partial charge in [0, 0.05) is 23.5 Å². The fourth-order valence-electron chi connectivity index (χ4n) is 6.48. The molecule has 6 heteroatoms. The van der Waals surface area contributed by atoms with E-state index >= 15 is 0 Å². The first-order valence-corrected chi connectivity index (χ1v) is 13.0. The van der Waals surface area contributed by atoms with Crippen molar-refractivity contribution < 1.29 is 19.7 Å². The molecule has 1 spiro atoms. The number of rotatable bonds is 6. The highest BCUT2D eigenvalue weighted by molar-refractivity contribution is 6.30. The van der Waals surface area contributed by atoms with Crippen LogP contribution in [0.4, 0.5) is 5.69 Å². The van der Waals surface area contributed by atoms with Crippen LogP contribution in [-0.4, -0.2) is 42.0 Å². The Morgan fingerprint density at radius 1 is 1.31 bits per heavy atom. The van der Waals surface area contributed by atoms with Crippen LogP contribution < -0.4 is 9.64 Å². The van der Waals surface area contributed by atoms with E-state index in [2.05, 4.69) is 30.5 Å². The molecular weight excluding hydrogens is 462 g/mol. The maximum absolute atomic E-state index is 11.8. The van der Waals surface area contributed by atoms with Gasteiger partial charge in [-0.1, -0.05) is 30.7 Å². The third kappa shape index (κ3) is 4.23. The number of carboxylic acids is 1. The number of fused-ring (bicyclic) bond motifs is 3. The number of anilines is 1. The molecule has 0 amide bonds. The molecule has 1 heterocycles. The van der Waals surface area contributed by atoms with Gasteiger partial charge < -0.3 is 19.8 Å². The zero-order valence-electron chi connectivity index (χ0n) is 20.3. The second-order valence-corrected chi connectivity index (χ2v) is 11.3. The first-order valence-electron chi connectivity index (χ1n) is 12.6. The zero-order chi connectivity index (χ0) is 24.8. The SMILES string of the molecule is C=CCC(O)[C@]1(C)CC[C@H]1CN1CC2(CCCc3cc(Cl)ccc32)COc2ccc(C(=O)O)cc21. The molecule has 1 saturated carbocycles. The van der Waals surface area contributed by atoms with Crippen molar-refractivity contribution in [1.82, 2.24) is 0 Å². The van der Waals surface area contributed by atoms with Gasteiger partial charge in [-0.2, -0.15) is 0 Å². The summed E-state index contributed by atoms with van der Waals surface area (Å²) < 4.78 is 6.43. The predicted octanol–water partition coefficient (Wildman–Crippen LogP) is 5.86. The maximum Gasteiger partial charge on any atom is 0.335 e. The van der Waals surface area contributed by atoms with Gasteiger partial charge in [0.2, 0.25) is 0 Å². The fraction of sp³-hybridized carbons (Fsp3) is 0.483. The third-order valence-corrected chi connectivity index (χ3v) is 9.08. The minimum absolute atomic E-state index is 0.183. The van der Waals surface area contributed by atoms with Crippen LogP contribution in [0.25, 0.3) is 0 Å². The monoisotopic (exact) mass is 495 g/mol. The lowest BCUT2D eigenvalue weighted by molar-refractivity contribution is -0.0695. The standard InChI is InChI=1S/C29H34ClNO4/c1-3-5-26(32)28(2)13-11-21(28)16-31-17-29(12-4-6-19-14-22(30)8-9-23(19)29)18-35-25-10-7-20(27(33)34)15-24(25)31/h3,7-10,14-15,21,26,32H,1,4-6,11-13,16-18H2,2H3,(H,33,34)/t21-,26?,28+,29?/m0/s1. The summed E-state index contributed by atoms with van der Waals surface area (Å²) in [5, 5.41) is 21.3. The van der Waals surface area contributed by atoms with Gasteiger partial charge in [0.25, 0.3) is 0 Å². The molecule has 0 aromatic heterocycles. The average molecular weight is 496 g/mol. The van der Waals surface area contributed by atoms with E-state index < -0.39 is 12.1 Å². The summed E-state index contributed by atoms with van der Waals surface area (Å²) in [6.07, 6.45) is 7.01. The van der Waals surface area contributed by atoms with Gasteiger partial charge in [0.1, 0.15) is 5.75 Å². The minimum Gasteiger partial charge on any atom is -0.490 e. The van der Waals surface area contributed by atoms with Crippen LogP contribution in [-0.2, 0) is 11.8 Å². The topological polar surface area (TPSA) is 70.0 Å². The molecule has 2 unspecified atom stereocenters. The van der Waals surface area contributed by atoms with Crippen molar-refractivity contribution in [3.05, 3.63) is 70.8 Å². The molecule has 1 fully saturated rings. The van der Waals surface area contributed by atoms with Crippen LogP contribution in [0.3, 0.4) is 0 Å². The smallest absolute Gasteiger partial charge is 0.335 e. The Morgan fingerprint density at radius 3 is 2.86 bits per heavy atom. The number of hydrogen-bond donors (Lipinski definition) is 2. The summed E-state index contributed by atoms with van der Waals surface area (Å²) in [5.41, 5.74) is 3.26. The van der Waals surface area contributed by atoms with Gasteiger partial charge in [-0.25, -0.2) is 4.79 Å². The summed E-state index contributed by atoms with van der Waals surface area (Å²) in [5.74, 6) is 0.0714. The Hall–Kier alpha value is -2.50. The van der Waals surface area contributed by atoms with Gasteiger partial charge in [0.15, 0.2) is 0 Å². The molecular formula is C29H34ClNO4. The molecule has 35 heavy (non-hydrogen) atoms. The minimum atomic E-state index is -0.945. The quantitative estimate of drug-likeness (QED) is 0.491. The highest BCUT2D eigenvalue weighted by Gasteiger charge is 2.49. The molecule has 2 aromatic carbocycles. The Labute approximate surface area is 212 Å². The van der Waals surface area contributed by atoms with Gasteiger partial charge in [-0.3, -0.25) is 0 Å². The molecule has 1 aliphatic heterocycles. The molecule has 186 valence electrons. The van der Waals surface area contributed by atoms with Crippen LogP contribution in [0.1, 0.15) is 60.5 Å². The van der Waals surface area contributed by atoms with Crippen LogP contribution in [0.5, 0.6) is 5.75 Å². The Kier molecular flexibility index (Phi) is 6.35. The lowest BCUT2D eigenvalue weighted by atomic mass is 9.57. The number of benzene rings is 2. The van der Waals surface area contributed by atoms with E-state index in [1.54, 1.807) is 24.3 Å². The van der Waals surface area contributed by atoms with E-state index in [0.29, 0.717) is 18.9 Å². The van der Waals surface area contributed by atoms with Gasteiger partial charge in [-0.05, 0) is 91.3 Å². The number of ether oxygens (including phenoxy) is 1. The third-order valence-electron chi connectivity index (χ3n) is 8.84. The number of aliphatic hydroxyl groups excluding tert-OH is 1. The number of aryl methyl sites for hydroxylation is 1. The van der Waals surface area contributed by atoms with E-state index in [0.717, 1.165) is 61.7 Å². The number of halogens is 1. The van der Waals surface area contributed by atoms with E-state index in [4.69, 9.17) is 16.3 Å². The van der Waals surface area contributed by atoms with Crippen LogP contribution in [0.15, 0.2) is 49.1 Å². The first kappa shape index (κ1) is 24.2. The lowest BCUT2D eigenvalue weighted by Gasteiger charge is -2.52. The Balaban J connectivity index is 1.55. The molecule has 2 aliphatic carbocycles. The normalized spacial score (nSPS) is 28.2. The van der Waals surface area contributed by atoms with Crippen molar-refractivity contribution in [2.24, 2.45) is 11.3 Å². The summed E-state index contributed by atoms with van der Waals surface area (Å²) in [4.78, 5) is 14.1. The largest absolute Gasteiger partial charge is 0.490 e. The molecule has 0 radical (unpaired) electrons. The molecule has 4 atom stereocenters. The van der Waals surface area contributed by atoms with Crippen LogP contribution >= 0.6 is 11.6 Å². The van der Waals surface area contributed by atoms with E-state index in [9.17, 15) is 15.0 Å². The van der Waals surface area contributed by atoms with Crippen molar-refractivity contribution in [1.29, 1.82) is 0 Å². The molecule has 0 bridgehead atoms. The van der Waals surface area contributed by atoms with Crippen molar-refractivity contribution >= 4 is 23.3 Å². The number of aliphatic hydroxyl groups is 1. The summed E-state index contributed by atoms with van der Waals surface area (Å²) in [6, 6.07) is 11.4. The highest BCUT2D eigenvalue weighted by atomic mass is 35.5. The summed E-state index contributed by atoms with van der Waals surface area (Å²) >= 11 is 6.34. The number of nitrogens with zero attached hydrogens (tertiary/aromatic N) is 1. The molecule has 0 saturated heterocycles. The number of aromatic carboxylic acids is 1. The van der Waals surface area contributed by atoms with Crippen LogP contribution in [0.2, 0.25) is 5.02 Å². The Bertz CT molecular complexity index is 1150. The summed E-state index contributed by atoms with van der Waals surface area (Å²) in [6.45, 7) is 8.01. The van der Waals surface area contributed by atoms with Gasteiger partial charge in [0.05, 0.1) is 24.0 Å². The second kappa shape index (κ2) is 9.18. The number of hydrogen-bond acceptors (Lipinski definition) is 4. The number of carboxylic acid groups (broad SMARTS) is 1. The molecule has 5 nitrogen and oxygen atoms in total. The van der Waals surface area contributed by atoms with Crippen LogP contribution in [0, 0.1) is 11.3 Å². The van der Waals surface area contributed by atoms with Crippen molar-refractivity contribution in [2.75, 3.05) is 24.6 Å². The fourth-order valence-corrected chi connectivity index (χ4v) is 6.68. The van der Waals surface area contributed by atoms with E-state index in [1.165, 1.54) is 11.1 Å². The molecule has 2 aromatic rings.